The standard InChI is InChI=1S/C10H13FN2O4S/c1-2-7(10(14)15)4-13-18(16,17)9-3-8(11)5-12-6-9/h3,5-7,13H,2,4H2,1H3,(H,14,15). The van der Waals surface area contributed by atoms with Gasteiger partial charge in [0.1, 0.15) is 10.7 Å². The molecule has 0 radical (unpaired) electrons. The molecule has 1 aromatic heterocycles. The summed E-state index contributed by atoms with van der Waals surface area (Å²) in [7, 11) is -3.94. The van der Waals surface area contributed by atoms with Crippen LogP contribution in [0, 0.1) is 11.7 Å². The minimum atomic E-state index is -3.94. The van der Waals surface area contributed by atoms with E-state index in [1.165, 1.54) is 0 Å². The summed E-state index contributed by atoms with van der Waals surface area (Å²) in [6, 6.07) is 0.817. The summed E-state index contributed by atoms with van der Waals surface area (Å²) in [5.74, 6) is -2.68. The lowest BCUT2D eigenvalue weighted by Crippen LogP contribution is -2.32. The topological polar surface area (TPSA) is 96.4 Å². The third-order valence-corrected chi connectivity index (χ3v) is 3.74. The third kappa shape index (κ3) is 3.74. The van der Waals surface area contributed by atoms with Crippen LogP contribution in [-0.2, 0) is 14.8 Å². The Balaban J connectivity index is 2.80. The van der Waals surface area contributed by atoms with Gasteiger partial charge < -0.3 is 5.11 Å². The van der Waals surface area contributed by atoms with Crippen molar-refractivity contribution in [2.45, 2.75) is 18.2 Å². The van der Waals surface area contributed by atoms with Gasteiger partial charge in [-0.25, -0.2) is 17.5 Å². The van der Waals surface area contributed by atoms with E-state index in [0.717, 1.165) is 18.5 Å². The zero-order valence-electron chi connectivity index (χ0n) is 9.63. The zero-order valence-corrected chi connectivity index (χ0v) is 10.4. The fourth-order valence-electron chi connectivity index (χ4n) is 1.24. The van der Waals surface area contributed by atoms with Crippen LogP contribution in [0.1, 0.15) is 13.3 Å². The van der Waals surface area contributed by atoms with E-state index >= 15 is 0 Å². The first-order valence-electron chi connectivity index (χ1n) is 5.20. The van der Waals surface area contributed by atoms with Crippen LogP contribution in [0.3, 0.4) is 0 Å². The summed E-state index contributed by atoms with van der Waals surface area (Å²) in [5, 5.41) is 8.78. The van der Waals surface area contributed by atoms with Crippen LogP contribution in [-0.4, -0.2) is 31.0 Å². The Morgan fingerprint density at radius 3 is 2.72 bits per heavy atom. The molecule has 0 saturated carbocycles. The van der Waals surface area contributed by atoms with Gasteiger partial charge in [-0.1, -0.05) is 6.92 Å². The molecule has 0 aliphatic rings. The molecule has 1 aromatic rings. The second kappa shape index (κ2) is 5.87. The van der Waals surface area contributed by atoms with Gasteiger partial charge in [-0.3, -0.25) is 9.78 Å². The lowest BCUT2D eigenvalue weighted by atomic mass is 10.1. The Bertz CT molecular complexity index is 532. The molecule has 1 atom stereocenters. The van der Waals surface area contributed by atoms with E-state index in [2.05, 4.69) is 9.71 Å². The Kier molecular flexibility index (Phi) is 4.74. The minimum Gasteiger partial charge on any atom is -0.481 e. The molecule has 0 fully saturated rings. The Morgan fingerprint density at radius 2 is 2.22 bits per heavy atom. The highest BCUT2D eigenvalue weighted by molar-refractivity contribution is 7.89. The second-order valence-corrected chi connectivity index (χ2v) is 5.40. The van der Waals surface area contributed by atoms with Crippen LogP contribution in [0.4, 0.5) is 4.39 Å². The lowest BCUT2D eigenvalue weighted by molar-refractivity contribution is -0.141. The molecular weight excluding hydrogens is 263 g/mol. The van der Waals surface area contributed by atoms with Gasteiger partial charge in [-0.15, -0.1) is 0 Å². The smallest absolute Gasteiger partial charge is 0.307 e. The van der Waals surface area contributed by atoms with Crippen LogP contribution in [0.5, 0.6) is 0 Å². The van der Waals surface area contributed by atoms with Crippen LogP contribution < -0.4 is 4.72 Å². The maximum absolute atomic E-state index is 12.8. The third-order valence-electron chi connectivity index (χ3n) is 2.35. The van der Waals surface area contributed by atoms with Crippen LogP contribution in [0.15, 0.2) is 23.4 Å². The Labute approximate surface area is 104 Å². The number of carboxylic acid groups (broad SMARTS) is 1. The number of nitrogens with one attached hydrogen (secondary N) is 1. The number of nitrogens with zero attached hydrogens (tertiary/aromatic N) is 1. The quantitative estimate of drug-likeness (QED) is 0.793. The molecule has 0 aliphatic heterocycles. The highest BCUT2D eigenvalue weighted by atomic mass is 32.2. The number of carboxylic acids is 1. The summed E-state index contributed by atoms with van der Waals surface area (Å²) >= 11 is 0. The number of carbonyl (C=O) groups is 1. The molecule has 1 unspecified atom stereocenters. The van der Waals surface area contributed by atoms with Crippen molar-refractivity contribution in [1.82, 2.24) is 9.71 Å². The number of sulfonamides is 1. The van der Waals surface area contributed by atoms with Gasteiger partial charge in [0.2, 0.25) is 10.0 Å². The number of aliphatic carboxylic acids is 1. The number of pyridine rings is 1. The van der Waals surface area contributed by atoms with Gasteiger partial charge in [0.15, 0.2) is 0 Å². The molecule has 0 amide bonds. The average molecular weight is 276 g/mol. The van der Waals surface area contributed by atoms with E-state index in [4.69, 9.17) is 5.11 Å². The molecule has 0 bridgehead atoms. The second-order valence-electron chi connectivity index (χ2n) is 3.63. The first-order chi connectivity index (χ1) is 8.36. The summed E-state index contributed by atoms with van der Waals surface area (Å²) in [6.07, 6.45) is 2.16. The average Bonchev–Trinajstić information content (AvgIpc) is 2.29. The van der Waals surface area contributed by atoms with Gasteiger partial charge in [0, 0.05) is 12.7 Å². The minimum absolute atomic E-state index is 0.245. The fraction of sp³-hybridized carbons (Fsp3) is 0.400. The lowest BCUT2D eigenvalue weighted by Gasteiger charge is -2.11. The first-order valence-corrected chi connectivity index (χ1v) is 6.68. The number of halogens is 1. The molecule has 0 spiro atoms. The highest BCUT2D eigenvalue weighted by Gasteiger charge is 2.20. The molecule has 8 heteroatoms. The van der Waals surface area contributed by atoms with Gasteiger partial charge in [-0.2, -0.15) is 0 Å². The van der Waals surface area contributed by atoms with E-state index in [-0.39, 0.29) is 11.4 Å². The van der Waals surface area contributed by atoms with Crippen molar-refractivity contribution in [3.05, 3.63) is 24.3 Å². The van der Waals surface area contributed by atoms with Crippen LogP contribution >= 0.6 is 0 Å². The Hall–Kier alpha value is -1.54. The van der Waals surface area contributed by atoms with E-state index in [1.807, 2.05) is 0 Å². The molecule has 6 nitrogen and oxygen atoms in total. The normalized spacial score (nSPS) is 13.2. The first kappa shape index (κ1) is 14.5. The number of aromatic nitrogens is 1. The highest BCUT2D eigenvalue weighted by Crippen LogP contribution is 2.09. The summed E-state index contributed by atoms with van der Waals surface area (Å²) < 4.78 is 38.4. The van der Waals surface area contributed by atoms with Gasteiger partial charge >= 0.3 is 5.97 Å². The van der Waals surface area contributed by atoms with Crippen molar-refractivity contribution in [3.8, 4) is 0 Å². The maximum atomic E-state index is 12.8. The SMILES string of the molecule is CCC(CNS(=O)(=O)c1cncc(F)c1)C(=O)O. The van der Waals surface area contributed by atoms with E-state index in [0.29, 0.717) is 6.42 Å². The molecule has 0 aliphatic carbocycles. The predicted octanol–water partition coefficient (Wildman–Crippen LogP) is 0.610. The molecule has 1 heterocycles. The molecular formula is C10H13FN2O4S. The van der Waals surface area contributed by atoms with Crippen molar-refractivity contribution in [2.75, 3.05) is 6.54 Å². The van der Waals surface area contributed by atoms with Crippen molar-refractivity contribution in [1.29, 1.82) is 0 Å². The number of rotatable bonds is 6. The van der Waals surface area contributed by atoms with Crippen molar-refractivity contribution >= 4 is 16.0 Å². The monoisotopic (exact) mass is 276 g/mol. The van der Waals surface area contributed by atoms with Crippen LogP contribution in [0.25, 0.3) is 0 Å². The van der Waals surface area contributed by atoms with Crippen molar-refractivity contribution in [3.63, 3.8) is 0 Å². The molecule has 18 heavy (non-hydrogen) atoms. The maximum Gasteiger partial charge on any atom is 0.307 e. The number of hydrogen-bond acceptors (Lipinski definition) is 4. The molecule has 100 valence electrons. The van der Waals surface area contributed by atoms with Crippen LogP contribution in [0.2, 0.25) is 0 Å². The van der Waals surface area contributed by atoms with E-state index in [1.54, 1.807) is 6.92 Å². The van der Waals surface area contributed by atoms with Crippen molar-refractivity contribution < 1.29 is 22.7 Å². The molecule has 0 saturated heterocycles. The fourth-order valence-corrected chi connectivity index (χ4v) is 2.29. The summed E-state index contributed by atoms with van der Waals surface area (Å²) in [5.41, 5.74) is 0. The predicted molar refractivity (Wildman–Crippen MR) is 60.8 cm³/mol. The molecule has 2 N–H and O–H groups in total. The summed E-state index contributed by atoms with van der Waals surface area (Å²) in [6.45, 7) is 1.39. The van der Waals surface area contributed by atoms with Gasteiger partial charge in [0.05, 0.1) is 12.1 Å². The molecule has 0 aromatic carbocycles. The van der Waals surface area contributed by atoms with E-state index < -0.39 is 27.7 Å². The van der Waals surface area contributed by atoms with Crippen molar-refractivity contribution in [2.24, 2.45) is 5.92 Å². The number of hydrogen-bond donors (Lipinski definition) is 2. The summed E-state index contributed by atoms with van der Waals surface area (Å²) in [4.78, 5) is 13.8. The van der Waals surface area contributed by atoms with E-state index in [9.17, 15) is 17.6 Å². The Morgan fingerprint density at radius 1 is 1.56 bits per heavy atom. The largest absolute Gasteiger partial charge is 0.481 e. The van der Waals surface area contributed by atoms with Gasteiger partial charge in [0.25, 0.3) is 0 Å². The van der Waals surface area contributed by atoms with Gasteiger partial charge in [-0.05, 0) is 12.5 Å². The zero-order chi connectivity index (χ0) is 13.8. The molecule has 1 rings (SSSR count).